The number of amides is 1. The van der Waals surface area contributed by atoms with Crippen LogP contribution in [-0.2, 0) is 11.8 Å². The van der Waals surface area contributed by atoms with Crippen LogP contribution in [0.15, 0.2) is 23.0 Å². The summed E-state index contributed by atoms with van der Waals surface area (Å²) in [6.45, 7) is 1.03. The van der Waals surface area contributed by atoms with Crippen LogP contribution in [-0.4, -0.2) is 27.9 Å². The molecule has 6 nitrogen and oxygen atoms in total. The zero-order valence-corrected chi connectivity index (χ0v) is 11.4. The molecule has 0 aliphatic rings. The van der Waals surface area contributed by atoms with Crippen LogP contribution in [0.2, 0.25) is 0 Å². The number of aromatic hydroxyl groups is 1. The van der Waals surface area contributed by atoms with Crippen LogP contribution in [0, 0.1) is 5.82 Å². The molecular formula is C14H13FN2O4. The number of hydrogen-bond acceptors (Lipinski definition) is 4. The van der Waals surface area contributed by atoms with Crippen LogP contribution in [0.4, 0.5) is 4.39 Å². The lowest BCUT2D eigenvalue weighted by Gasteiger charge is -2.11. The molecule has 0 radical (unpaired) electrons. The maximum absolute atomic E-state index is 13.2. The van der Waals surface area contributed by atoms with E-state index >= 15 is 0 Å². The van der Waals surface area contributed by atoms with Gasteiger partial charge in [-0.15, -0.1) is 0 Å². The Hall–Kier alpha value is -2.70. The van der Waals surface area contributed by atoms with E-state index in [2.05, 4.69) is 5.32 Å². The minimum Gasteiger partial charge on any atom is -0.506 e. The number of ketones is 1. The number of carbonyl (C=O) groups is 2. The summed E-state index contributed by atoms with van der Waals surface area (Å²) in [6, 6.07) is 3.48. The molecule has 2 N–H and O–H groups in total. The molecule has 0 aliphatic heterocycles. The van der Waals surface area contributed by atoms with Gasteiger partial charge in [-0.05, 0) is 25.1 Å². The molecule has 110 valence electrons. The Bertz CT molecular complexity index is 811. The Balaban J connectivity index is 2.65. The van der Waals surface area contributed by atoms with E-state index in [9.17, 15) is 23.9 Å². The minimum absolute atomic E-state index is 0.167. The van der Waals surface area contributed by atoms with Gasteiger partial charge in [0.1, 0.15) is 22.9 Å². The summed E-state index contributed by atoms with van der Waals surface area (Å²) in [5.41, 5.74) is -1.08. The van der Waals surface area contributed by atoms with E-state index in [4.69, 9.17) is 0 Å². The highest BCUT2D eigenvalue weighted by Crippen LogP contribution is 2.26. The fraction of sp³-hybridized carbons (Fsp3) is 0.214. The van der Waals surface area contributed by atoms with Crippen LogP contribution in [0.5, 0.6) is 5.75 Å². The lowest BCUT2D eigenvalue weighted by molar-refractivity contribution is -0.116. The molecular weight excluding hydrogens is 279 g/mol. The van der Waals surface area contributed by atoms with Gasteiger partial charge >= 0.3 is 0 Å². The molecule has 0 unspecified atom stereocenters. The summed E-state index contributed by atoms with van der Waals surface area (Å²) in [5, 5.41) is 12.5. The molecule has 0 spiro atoms. The van der Waals surface area contributed by atoms with Crippen LogP contribution in [0.1, 0.15) is 17.3 Å². The van der Waals surface area contributed by atoms with E-state index in [0.717, 1.165) is 16.7 Å². The van der Waals surface area contributed by atoms with Crippen molar-refractivity contribution >= 4 is 22.6 Å². The monoisotopic (exact) mass is 292 g/mol. The summed E-state index contributed by atoms with van der Waals surface area (Å²) in [5.74, 6) is -2.24. The second kappa shape index (κ2) is 5.35. The number of carbonyl (C=O) groups excluding carboxylic acids is 2. The van der Waals surface area contributed by atoms with Crippen molar-refractivity contribution in [3.63, 3.8) is 0 Å². The molecule has 0 atom stereocenters. The van der Waals surface area contributed by atoms with Crippen molar-refractivity contribution in [2.24, 2.45) is 7.05 Å². The summed E-state index contributed by atoms with van der Waals surface area (Å²) in [6.07, 6.45) is 0. The maximum atomic E-state index is 13.2. The average molecular weight is 292 g/mol. The number of halogens is 1. The van der Waals surface area contributed by atoms with Crippen molar-refractivity contribution in [1.82, 2.24) is 9.88 Å². The molecule has 0 aliphatic carbocycles. The lowest BCUT2D eigenvalue weighted by atomic mass is 10.1. The second-order valence-corrected chi connectivity index (χ2v) is 4.63. The first kappa shape index (κ1) is 14.7. The molecule has 1 aromatic heterocycles. The summed E-state index contributed by atoms with van der Waals surface area (Å²) >= 11 is 0. The van der Waals surface area contributed by atoms with Gasteiger partial charge < -0.3 is 15.0 Å². The number of hydrogen-bond donors (Lipinski definition) is 2. The number of aryl methyl sites for hydroxylation is 1. The number of pyridine rings is 1. The van der Waals surface area contributed by atoms with Crippen molar-refractivity contribution in [3.05, 3.63) is 39.9 Å². The van der Waals surface area contributed by atoms with Gasteiger partial charge in [-0.1, -0.05) is 0 Å². The van der Waals surface area contributed by atoms with E-state index in [1.54, 1.807) is 0 Å². The summed E-state index contributed by atoms with van der Waals surface area (Å²) in [7, 11) is 1.37. The van der Waals surface area contributed by atoms with E-state index in [-0.39, 0.29) is 23.2 Å². The number of benzene rings is 1. The number of nitrogens with one attached hydrogen (secondary N) is 1. The van der Waals surface area contributed by atoms with Crippen molar-refractivity contribution in [2.75, 3.05) is 6.54 Å². The summed E-state index contributed by atoms with van der Waals surface area (Å²) < 4.78 is 14.3. The highest BCUT2D eigenvalue weighted by molar-refractivity contribution is 6.03. The van der Waals surface area contributed by atoms with Gasteiger partial charge in [-0.2, -0.15) is 0 Å². The van der Waals surface area contributed by atoms with Gasteiger partial charge in [0.2, 0.25) is 0 Å². The molecule has 0 saturated heterocycles. The Kier molecular flexibility index (Phi) is 3.75. The molecule has 7 heteroatoms. The van der Waals surface area contributed by atoms with Gasteiger partial charge in [-0.3, -0.25) is 14.4 Å². The predicted octanol–water partition coefficient (Wildman–Crippen LogP) is 0.702. The fourth-order valence-corrected chi connectivity index (χ4v) is 1.99. The summed E-state index contributed by atoms with van der Waals surface area (Å²) in [4.78, 5) is 34.9. The average Bonchev–Trinajstić information content (AvgIpc) is 2.42. The van der Waals surface area contributed by atoms with Crippen molar-refractivity contribution in [3.8, 4) is 5.75 Å². The fourth-order valence-electron chi connectivity index (χ4n) is 1.99. The molecule has 2 aromatic rings. The van der Waals surface area contributed by atoms with Gasteiger partial charge in [0.15, 0.2) is 0 Å². The van der Waals surface area contributed by atoms with Crippen molar-refractivity contribution < 1.29 is 19.1 Å². The van der Waals surface area contributed by atoms with Crippen LogP contribution < -0.4 is 10.9 Å². The predicted molar refractivity (Wildman–Crippen MR) is 73.8 cm³/mol. The molecule has 1 heterocycles. The second-order valence-electron chi connectivity index (χ2n) is 4.63. The standard InChI is InChI=1S/C14H13FN2O4/c1-7(18)6-16-13(20)11-12(19)9-4-3-8(15)5-10(9)17(2)14(11)21/h3-5,19H,6H2,1-2H3,(H,16,20). The van der Waals surface area contributed by atoms with Gasteiger partial charge in [0, 0.05) is 12.4 Å². The highest BCUT2D eigenvalue weighted by Gasteiger charge is 2.21. The number of aromatic nitrogens is 1. The molecule has 0 fully saturated rings. The molecule has 1 aromatic carbocycles. The third-order valence-corrected chi connectivity index (χ3v) is 3.06. The van der Waals surface area contributed by atoms with E-state index in [1.165, 1.54) is 20.0 Å². The Morgan fingerprint density at radius 3 is 2.67 bits per heavy atom. The smallest absolute Gasteiger partial charge is 0.267 e. The van der Waals surface area contributed by atoms with E-state index in [0.29, 0.717) is 0 Å². The minimum atomic E-state index is -0.852. The maximum Gasteiger partial charge on any atom is 0.267 e. The number of rotatable bonds is 3. The third kappa shape index (κ3) is 2.62. The van der Waals surface area contributed by atoms with E-state index < -0.39 is 28.6 Å². The largest absolute Gasteiger partial charge is 0.506 e. The van der Waals surface area contributed by atoms with E-state index in [1.807, 2.05) is 0 Å². The topological polar surface area (TPSA) is 88.4 Å². The zero-order chi connectivity index (χ0) is 15.7. The van der Waals surface area contributed by atoms with Crippen molar-refractivity contribution in [2.45, 2.75) is 6.92 Å². The molecule has 21 heavy (non-hydrogen) atoms. The third-order valence-electron chi connectivity index (χ3n) is 3.06. The Morgan fingerprint density at radius 1 is 1.38 bits per heavy atom. The molecule has 0 saturated carbocycles. The normalized spacial score (nSPS) is 10.6. The van der Waals surface area contributed by atoms with Gasteiger partial charge in [-0.25, -0.2) is 4.39 Å². The molecule has 0 bridgehead atoms. The Labute approximate surface area is 118 Å². The van der Waals surface area contributed by atoms with Crippen LogP contribution in [0.3, 0.4) is 0 Å². The van der Waals surface area contributed by atoms with Crippen molar-refractivity contribution in [1.29, 1.82) is 0 Å². The molecule has 1 amide bonds. The first-order valence-electron chi connectivity index (χ1n) is 6.11. The number of Topliss-reactive ketones (excluding diaryl/α,β-unsaturated/α-hetero) is 1. The number of fused-ring (bicyclic) bond motifs is 1. The van der Waals surface area contributed by atoms with Crippen LogP contribution >= 0.6 is 0 Å². The lowest BCUT2D eigenvalue weighted by Crippen LogP contribution is -2.34. The molecule has 2 rings (SSSR count). The van der Waals surface area contributed by atoms with Gasteiger partial charge in [0.05, 0.1) is 12.1 Å². The SMILES string of the molecule is CC(=O)CNC(=O)c1c(O)c2ccc(F)cc2n(C)c1=O. The Morgan fingerprint density at radius 2 is 2.05 bits per heavy atom. The first-order valence-corrected chi connectivity index (χ1v) is 6.11. The number of nitrogens with zero attached hydrogens (tertiary/aromatic N) is 1. The first-order chi connectivity index (χ1) is 9.82. The van der Waals surface area contributed by atoms with Gasteiger partial charge in [0.25, 0.3) is 11.5 Å². The zero-order valence-electron chi connectivity index (χ0n) is 11.4. The quantitative estimate of drug-likeness (QED) is 0.871. The van der Waals surface area contributed by atoms with Crippen LogP contribution in [0.25, 0.3) is 10.9 Å². The highest BCUT2D eigenvalue weighted by atomic mass is 19.1.